The van der Waals surface area contributed by atoms with Crippen molar-refractivity contribution in [3.63, 3.8) is 0 Å². The highest BCUT2D eigenvalue weighted by molar-refractivity contribution is 6.02. The van der Waals surface area contributed by atoms with Crippen molar-refractivity contribution in [3.05, 3.63) is 114 Å². The van der Waals surface area contributed by atoms with Gasteiger partial charge in [-0.15, -0.1) is 0 Å². The second-order valence-corrected chi connectivity index (χ2v) is 8.40. The normalized spacial score (nSPS) is 10.4. The summed E-state index contributed by atoms with van der Waals surface area (Å²) in [7, 11) is 1.27. The average molecular weight is 510 g/mol. The fraction of sp³-hybridized carbons (Fsp3) is 0.133. The molecule has 2 N–H and O–H groups in total. The minimum absolute atomic E-state index is 0.197. The highest BCUT2D eigenvalue weighted by Gasteiger charge is 2.16. The van der Waals surface area contributed by atoms with Crippen LogP contribution in [-0.4, -0.2) is 43.1 Å². The van der Waals surface area contributed by atoms with Crippen LogP contribution >= 0.6 is 0 Å². The van der Waals surface area contributed by atoms with Gasteiger partial charge in [-0.3, -0.25) is 14.6 Å². The molecule has 0 aliphatic heterocycles. The molecule has 0 saturated heterocycles. The van der Waals surface area contributed by atoms with Crippen molar-refractivity contribution in [2.45, 2.75) is 6.42 Å². The van der Waals surface area contributed by atoms with E-state index in [2.05, 4.69) is 15.6 Å². The van der Waals surface area contributed by atoms with Crippen molar-refractivity contribution in [1.82, 2.24) is 4.98 Å². The van der Waals surface area contributed by atoms with E-state index in [9.17, 15) is 14.4 Å². The third-order valence-electron chi connectivity index (χ3n) is 5.71. The molecule has 38 heavy (non-hydrogen) atoms. The molecule has 0 saturated carbocycles. The molecule has 0 aliphatic rings. The molecule has 4 rings (SSSR count). The zero-order valence-electron chi connectivity index (χ0n) is 20.8. The molecule has 0 spiro atoms. The lowest BCUT2D eigenvalue weighted by molar-refractivity contribution is -0.125. The van der Waals surface area contributed by atoms with Gasteiger partial charge in [0.25, 0.3) is 0 Å². The number of nitrogens with zero attached hydrogens (tertiary/aromatic N) is 1. The number of benzene rings is 3. The van der Waals surface area contributed by atoms with Crippen molar-refractivity contribution in [2.24, 2.45) is 0 Å². The smallest absolute Gasteiger partial charge is 0.339 e. The Labute approximate surface area is 220 Å². The van der Waals surface area contributed by atoms with Crippen LogP contribution in [-0.2, 0) is 25.5 Å². The van der Waals surface area contributed by atoms with E-state index in [1.165, 1.54) is 7.11 Å². The fourth-order valence-corrected chi connectivity index (χ4v) is 3.88. The molecule has 1 heterocycles. The Balaban J connectivity index is 1.33. The highest BCUT2D eigenvalue weighted by atomic mass is 16.5. The summed E-state index contributed by atoms with van der Waals surface area (Å²) in [4.78, 5) is 41.3. The van der Waals surface area contributed by atoms with E-state index in [1.54, 1.807) is 30.6 Å². The van der Waals surface area contributed by atoms with Crippen LogP contribution < -0.4 is 10.6 Å². The van der Waals surface area contributed by atoms with Crippen LogP contribution in [0, 0.1) is 0 Å². The number of anilines is 2. The first kappa shape index (κ1) is 26.2. The minimum Gasteiger partial charge on any atom is -0.465 e. The number of hydrogen-bond acceptors (Lipinski definition) is 6. The second-order valence-electron chi connectivity index (χ2n) is 8.40. The number of rotatable bonds is 10. The highest BCUT2D eigenvalue weighted by Crippen LogP contribution is 2.26. The number of nitrogens with one attached hydrogen (secondary N) is 2. The average Bonchev–Trinajstić information content (AvgIpc) is 2.95. The Morgan fingerprint density at radius 2 is 1.39 bits per heavy atom. The topological polar surface area (TPSA) is 107 Å². The Bertz CT molecular complexity index is 1410. The maximum atomic E-state index is 12.5. The maximum Gasteiger partial charge on any atom is 0.339 e. The largest absolute Gasteiger partial charge is 0.465 e. The molecule has 0 atom stereocenters. The summed E-state index contributed by atoms with van der Waals surface area (Å²) in [6.45, 7) is -0.677. The van der Waals surface area contributed by atoms with Gasteiger partial charge >= 0.3 is 5.97 Å². The fourth-order valence-electron chi connectivity index (χ4n) is 3.88. The maximum absolute atomic E-state index is 12.5. The molecule has 0 fully saturated rings. The van der Waals surface area contributed by atoms with Crippen molar-refractivity contribution in [2.75, 3.05) is 31.0 Å². The summed E-state index contributed by atoms with van der Waals surface area (Å²) >= 11 is 0. The number of hydrogen-bond donors (Lipinski definition) is 2. The van der Waals surface area contributed by atoms with E-state index in [1.807, 2.05) is 66.7 Å². The van der Waals surface area contributed by atoms with Crippen molar-refractivity contribution < 1.29 is 23.9 Å². The standard InChI is InChI=1S/C30H27N3O5/c1-37-30(36)25-18-23(22-13-15-31-16-14-22)11-12-27(25)33-29(35)20-38-19-28(34)32-26-10-6-5-9-24(26)17-21-7-3-2-4-8-21/h2-16,18H,17,19-20H2,1H3,(H,32,34)(H,33,35). The quantitative estimate of drug-likeness (QED) is 0.300. The zero-order chi connectivity index (χ0) is 26.7. The van der Waals surface area contributed by atoms with Crippen LogP contribution in [0.3, 0.4) is 0 Å². The third kappa shape index (κ3) is 7.11. The van der Waals surface area contributed by atoms with Crippen molar-refractivity contribution >= 4 is 29.2 Å². The lowest BCUT2D eigenvalue weighted by atomic mass is 10.0. The molecular weight excluding hydrogens is 482 g/mol. The van der Waals surface area contributed by atoms with Crippen LogP contribution in [0.5, 0.6) is 0 Å². The Morgan fingerprint density at radius 3 is 2.11 bits per heavy atom. The van der Waals surface area contributed by atoms with Crippen molar-refractivity contribution in [3.8, 4) is 11.1 Å². The number of methoxy groups -OCH3 is 1. The molecule has 0 aliphatic carbocycles. The Kier molecular flexibility index (Phi) is 8.93. The van der Waals surface area contributed by atoms with E-state index in [0.717, 1.165) is 22.3 Å². The van der Waals surface area contributed by atoms with Gasteiger partial charge in [-0.2, -0.15) is 0 Å². The zero-order valence-corrected chi connectivity index (χ0v) is 20.8. The van der Waals surface area contributed by atoms with Crippen LogP contribution in [0.1, 0.15) is 21.5 Å². The van der Waals surface area contributed by atoms with E-state index in [0.29, 0.717) is 12.1 Å². The van der Waals surface area contributed by atoms with Gasteiger partial charge in [0.05, 0.1) is 18.4 Å². The Morgan fingerprint density at radius 1 is 0.737 bits per heavy atom. The second kappa shape index (κ2) is 12.9. The third-order valence-corrected chi connectivity index (χ3v) is 5.71. The van der Waals surface area contributed by atoms with Crippen LogP contribution in [0.4, 0.5) is 11.4 Å². The van der Waals surface area contributed by atoms with Gasteiger partial charge in [-0.05, 0) is 59.0 Å². The molecule has 0 bridgehead atoms. The molecule has 2 amide bonds. The van der Waals surface area contributed by atoms with Gasteiger partial charge < -0.3 is 20.1 Å². The number of carbonyl (C=O) groups excluding carboxylic acids is 3. The number of aromatic nitrogens is 1. The van der Waals surface area contributed by atoms with E-state index in [-0.39, 0.29) is 30.4 Å². The molecule has 8 nitrogen and oxygen atoms in total. The van der Waals surface area contributed by atoms with E-state index in [4.69, 9.17) is 9.47 Å². The first-order valence-electron chi connectivity index (χ1n) is 12.0. The van der Waals surface area contributed by atoms with Crippen molar-refractivity contribution in [1.29, 1.82) is 0 Å². The SMILES string of the molecule is COC(=O)c1cc(-c2ccncc2)ccc1NC(=O)COCC(=O)Nc1ccccc1Cc1ccccc1. The summed E-state index contributed by atoms with van der Waals surface area (Å²) < 4.78 is 10.2. The van der Waals surface area contributed by atoms with Crippen LogP contribution in [0.25, 0.3) is 11.1 Å². The van der Waals surface area contributed by atoms with E-state index >= 15 is 0 Å². The lowest BCUT2D eigenvalue weighted by Crippen LogP contribution is -2.25. The number of carbonyl (C=O) groups is 3. The van der Waals surface area contributed by atoms with Crippen LogP contribution in [0.15, 0.2) is 97.3 Å². The molecule has 0 radical (unpaired) electrons. The number of esters is 1. The summed E-state index contributed by atoms with van der Waals surface area (Å²) in [6.07, 6.45) is 3.97. The molecule has 0 unspecified atom stereocenters. The number of para-hydroxylation sites is 1. The van der Waals surface area contributed by atoms with Gasteiger partial charge in [-0.25, -0.2) is 4.79 Å². The predicted molar refractivity (Wildman–Crippen MR) is 145 cm³/mol. The molecule has 192 valence electrons. The molecular formula is C30H27N3O5. The summed E-state index contributed by atoms with van der Waals surface area (Å²) in [5.74, 6) is -1.48. The van der Waals surface area contributed by atoms with E-state index < -0.39 is 11.9 Å². The summed E-state index contributed by atoms with van der Waals surface area (Å²) in [6, 6.07) is 26.2. The molecule has 1 aromatic heterocycles. The summed E-state index contributed by atoms with van der Waals surface area (Å²) in [5, 5.41) is 5.50. The lowest BCUT2D eigenvalue weighted by Gasteiger charge is -2.13. The van der Waals surface area contributed by atoms with Crippen LogP contribution in [0.2, 0.25) is 0 Å². The van der Waals surface area contributed by atoms with Gasteiger partial charge in [0.1, 0.15) is 13.2 Å². The minimum atomic E-state index is -0.592. The van der Waals surface area contributed by atoms with Gasteiger partial charge in [-0.1, -0.05) is 54.6 Å². The van der Waals surface area contributed by atoms with Gasteiger partial charge in [0.2, 0.25) is 11.8 Å². The number of ether oxygens (including phenoxy) is 2. The first-order chi connectivity index (χ1) is 18.5. The monoisotopic (exact) mass is 509 g/mol. The number of amides is 2. The summed E-state index contributed by atoms with van der Waals surface area (Å²) in [5.41, 5.74) is 4.89. The predicted octanol–water partition coefficient (Wildman–Crippen LogP) is 4.72. The molecule has 3 aromatic carbocycles. The first-order valence-corrected chi connectivity index (χ1v) is 12.0. The van der Waals surface area contributed by atoms with Gasteiger partial charge in [0.15, 0.2) is 0 Å². The molecule has 8 heteroatoms. The molecule has 4 aromatic rings. The Hall–Kier alpha value is -4.82. The van der Waals surface area contributed by atoms with Gasteiger partial charge in [0, 0.05) is 18.1 Å². The number of pyridine rings is 1.